The molecular formula is C22H23ClN2O4. The average Bonchev–Trinajstić information content (AvgIpc) is 3.14. The summed E-state index contributed by atoms with van der Waals surface area (Å²) in [6.07, 6.45) is 2.00. The van der Waals surface area contributed by atoms with Crippen LogP contribution in [0.25, 0.3) is 0 Å². The number of hydrogen-bond donors (Lipinski definition) is 2. The Bertz CT molecular complexity index is 927. The van der Waals surface area contributed by atoms with Crippen LogP contribution in [0.2, 0.25) is 5.02 Å². The van der Waals surface area contributed by atoms with Crippen molar-refractivity contribution in [2.75, 3.05) is 0 Å². The predicted molar refractivity (Wildman–Crippen MR) is 110 cm³/mol. The fraction of sp³-hybridized carbons (Fsp3) is 0.318. The molecule has 2 atom stereocenters. The second-order valence-corrected chi connectivity index (χ2v) is 7.59. The third-order valence-electron chi connectivity index (χ3n) is 5.02. The first-order chi connectivity index (χ1) is 13.8. The molecule has 1 aliphatic rings. The standard InChI is InChI=1S/C22H23ClN2O4/c1-13(21(27)17-6-5-14-3-2-4-16(14)11-17)29-20(26)12-19(25-22(24)28)15-7-9-18(23)10-8-15/h5-11,13,19H,2-4,12H2,1H3,(H3,24,25,28)/t13-,19+/m1/s1. The van der Waals surface area contributed by atoms with Gasteiger partial charge in [-0.25, -0.2) is 4.79 Å². The summed E-state index contributed by atoms with van der Waals surface area (Å²) < 4.78 is 5.34. The zero-order valence-electron chi connectivity index (χ0n) is 16.1. The van der Waals surface area contributed by atoms with Gasteiger partial charge in [0.1, 0.15) is 0 Å². The number of aryl methyl sites for hydroxylation is 2. The molecule has 2 aromatic rings. The maximum absolute atomic E-state index is 12.7. The number of nitrogens with two attached hydrogens (primary N) is 1. The number of ketones is 1. The Kier molecular flexibility index (Phi) is 6.54. The normalized spacial score (nSPS) is 14.6. The van der Waals surface area contributed by atoms with Crippen LogP contribution in [-0.4, -0.2) is 23.9 Å². The molecule has 3 rings (SSSR count). The SMILES string of the molecule is C[C@@H](OC(=O)C[C@H](NC(N)=O)c1ccc(Cl)cc1)C(=O)c1ccc2c(c1)CCC2. The van der Waals surface area contributed by atoms with E-state index in [0.29, 0.717) is 16.1 Å². The quantitative estimate of drug-likeness (QED) is 0.532. The number of urea groups is 1. The van der Waals surface area contributed by atoms with Gasteiger partial charge in [-0.1, -0.05) is 35.9 Å². The lowest BCUT2D eigenvalue weighted by Crippen LogP contribution is -2.35. The fourth-order valence-electron chi connectivity index (χ4n) is 3.54. The monoisotopic (exact) mass is 414 g/mol. The summed E-state index contributed by atoms with van der Waals surface area (Å²) in [5.74, 6) is -0.861. The van der Waals surface area contributed by atoms with E-state index in [4.69, 9.17) is 22.1 Å². The molecule has 0 spiro atoms. The summed E-state index contributed by atoms with van der Waals surface area (Å²) in [6, 6.07) is 10.9. The van der Waals surface area contributed by atoms with Gasteiger partial charge < -0.3 is 15.8 Å². The van der Waals surface area contributed by atoms with Crippen LogP contribution in [0.3, 0.4) is 0 Å². The number of benzene rings is 2. The van der Waals surface area contributed by atoms with Crippen molar-refractivity contribution in [1.29, 1.82) is 0 Å². The first-order valence-electron chi connectivity index (χ1n) is 9.50. The van der Waals surface area contributed by atoms with Crippen molar-refractivity contribution in [3.63, 3.8) is 0 Å². The second-order valence-electron chi connectivity index (χ2n) is 7.15. The molecule has 152 valence electrons. The number of fused-ring (bicyclic) bond motifs is 1. The van der Waals surface area contributed by atoms with Crippen molar-refractivity contribution in [2.24, 2.45) is 5.73 Å². The van der Waals surface area contributed by atoms with Gasteiger partial charge >= 0.3 is 12.0 Å². The molecular weight excluding hydrogens is 392 g/mol. The van der Waals surface area contributed by atoms with Gasteiger partial charge in [-0.2, -0.15) is 0 Å². The van der Waals surface area contributed by atoms with Crippen LogP contribution < -0.4 is 11.1 Å². The largest absolute Gasteiger partial charge is 0.454 e. The van der Waals surface area contributed by atoms with Gasteiger partial charge in [-0.3, -0.25) is 9.59 Å². The van der Waals surface area contributed by atoms with Crippen LogP contribution in [0.1, 0.15) is 52.9 Å². The molecule has 0 saturated carbocycles. The Morgan fingerprint density at radius 2 is 1.79 bits per heavy atom. The van der Waals surface area contributed by atoms with E-state index in [-0.39, 0.29) is 12.2 Å². The van der Waals surface area contributed by atoms with E-state index in [9.17, 15) is 14.4 Å². The molecule has 7 heteroatoms. The number of amides is 2. The Labute approximate surface area is 174 Å². The summed E-state index contributed by atoms with van der Waals surface area (Å²) in [5.41, 5.74) is 8.87. The molecule has 2 amide bonds. The molecule has 0 aliphatic heterocycles. The van der Waals surface area contributed by atoms with E-state index in [1.54, 1.807) is 37.3 Å². The molecule has 0 fully saturated rings. The summed E-state index contributed by atoms with van der Waals surface area (Å²) in [6.45, 7) is 1.55. The lowest BCUT2D eigenvalue weighted by Gasteiger charge is -2.19. The van der Waals surface area contributed by atoms with Crippen molar-refractivity contribution in [3.8, 4) is 0 Å². The van der Waals surface area contributed by atoms with Crippen molar-refractivity contribution in [3.05, 3.63) is 69.7 Å². The Morgan fingerprint density at radius 1 is 1.10 bits per heavy atom. The second kappa shape index (κ2) is 9.09. The van der Waals surface area contributed by atoms with Gasteiger partial charge in [-0.05, 0) is 61.1 Å². The maximum atomic E-state index is 12.7. The predicted octanol–water partition coefficient (Wildman–Crippen LogP) is 3.74. The number of carbonyl (C=O) groups is 3. The molecule has 2 aromatic carbocycles. The van der Waals surface area contributed by atoms with Crippen molar-refractivity contribution < 1.29 is 19.1 Å². The van der Waals surface area contributed by atoms with Crippen LogP contribution in [0.4, 0.5) is 4.79 Å². The highest BCUT2D eigenvalue weighted by atomic mass is 35.5. The molecule has 1 aliphatic carbocycles. The third-order valence-corrected chi connectivity index (χ3v) is 5.27. The van der Waals surface area contributed by atoms with Gasteiger partial charge in [0.05, 0.1) is 12.5 Å². The number of halogens is 1. The number of rotatable bonds is 7. The first-order valence-corrected chi connectivity index (χ1v) is 9.88. The molecule has 6 nitrogen and oxygen atoms in total. The lowest BCUT2D eigenvalue weighted by molar-refractivity contribution is -0.146. The van der Waals surface area contributed by atoms with Crippen LogP contribution >= 0.6 is 11.6 Å². The Morgan fingerprint density at radius 3 is 2.48 bits per heavy atom. The van der Waals surface area contributed by atoms with Gasteiger partial charge in [0, 0.05) is 10.6 Å². The highest BCUT2D eigenvalue weighted by Crippen LogP contribution is 2.24. The number of nitrogens with one attached hydrogen (secondary N) is 1. The van der Waals surface area contributed by atoms with Crippen molar-refractivity contribution >= 4 is 29.4 Å². The summed E-state index contributed by atoms with van der Waals surface area (Å²) in [4.78, 5) is 36.4. The van der Waals surface area contributed by atoms with Crippen LogP contribution in [0, 0.1) is 0 Å². The third kappa shape index (κ3) is 5.35. The average molecular weight is 415 g/mol. The van der Waals surface area contributed by atoms with E-state index < -0.39 is 24.1 Å². The molecule has 0 bridgehead atoms. The molecule has 3 N–H and O–H groups in total. The number of Topliss-reactive ketones (excluding diaryl/α,β-unsaturated/α-hetero) is 1. The van der Waals surface area contributed by atoms with Crippen LogP contribution in [0.5, 0.6) is 0 Å². The lowest BCUT2D eigenvalue weighted by atomic mass is 10.0. The number of primary amides is 1. The Balaban J connectivity index is 1.64. The van der Waals surface area contributed by atoms with Crippen molar-refractivity contribution in [1.82, 2.24) is 5.32 Å². The van der Waals surface area contributed by atoms with Gasteiger partial charge in [0.15, 0.2) is 6.10 Å². The molecule has 0 unspecified atom stereocenters. The topological polar surface area (TPSA) is 98.5 Å². The highest BCUT2D eigenvalue weighted by molar-refractivity contribution is 6.30. The molecule has 0 saturated heterocycles. The minimum absolute atomic E-state index is 0.160. The van der Waals surface area contributed by atoms with E-state index in [0.717, 1.165) is 19.3 Å². The summed E-state index contributed by atoms with van der Waals surface area (Å²) in [5, 5.41) is 3.05. The van der Waals surface area contributed by atoms with Gasteiger partial charge in [0.25, 0.3) is 0 Å². The van der Waals surface area contributed by atoms with E-state index in [2.05, 4.69) is 5.32 Å². The summed E-state index contributed by atoms with van der Waals surface area (Å²) in [7, 11) is 0. The fourth-order valence-corrected chi connectivity index (χ4v) is 3.67. The smallest absolute Gasteiger partial charge is 0.312 e. The van der Waals surface area contributed by atoms with E-state index in [1.807, 2.05) is 12.1 Å². The maximum Gasteiger partial charge on any atom is 0.312 e. The molecule has 0 heterocycles. The first kappa shape index (κ1) is 20.9. The molecule has 0 aromatic heterocycles. The van der Waals surface area contributed by atoms with E-state index >= 15 is 0 Å². The van der Waals surface area contributed by atoms with Crippen molar-refractivity contribution in [2.45, 2.75) is 44.8 Å². The number of carbonyl (C=O) groups excluding carboxylic acids is 3. The molecule has 0 radical (unpaired) electrons. The zero-order valence-corrected chi connectivity index (χ0v) is 16.9. The van der Waals surface area contributed by atoms with Gasteiger partial charge in [0.2, 0.25) is 5.78 Å². The number of ether oxygens (including phenoxy) is 1. The minimum Gasteiger partial charge on any atom is -0.454 e. The van der Waals surface area contributed by atoms with Gasteiger partial charge in [-0.15, -0.1) is 0 Å². The van der Waals surface area contributed by atoms with E-state index in [1.165, 1.54) is 11.1 Å². The van der Waals surface area contributed by atoms with Crippen LogP contribution in [-0.2, 0) is 22.4 Å². The summed E-state index contributed by atoms with van der Waals surface area (Å²) >= 11 is 5.88. The highest BCUT2D eigenvalue weighted by Gasteiger charge is 2.24. The zero-order chi connectivity index (χ0) is 21.0. The van der Waals surface area contributed by atoms with Crippen LogP contribution in [0.15, 0.2) is 42.5 Å². The number of esters is 1. The molecule has 29 heavy (non-hydrogen) atoms. The minimum atomic E-state index is -0.929. The Hall–Kier alpha value is -2.86. The number of hydrogen-bond acceptors (Lipinski definition) is 4.